The number of amides is 2. The topological polar surface area (TPSA) is 91.0 Å². The molecule has 0 aliphatic heterocycles. The fraction of sp³-hybridized carbons (Fsp3) is 0.227. The zero-order chi connectivity index (χ0) is 24.0. The van der Waals surface area contributed by atoms with Gasteiger partial charge in [-0.15, -0.1) is 0 Å². The van der Waals surface area contributed by atoms with Crippen LogP contribution in [-0.4, -0.2) is 29.1 Å². The first-order valence-corrected chi connectivity index (χ1v) is 10.3. The van der Waals surface area contributed by atoms with E-state index >= 15 is 0 Å². The van der Waals surface area contributed by atoms with E-state index in [4.69, 9.17) is 11.6 Å². The van der Waals surface area contributed by atoms with Crippen LogP contribution < -0.4 is 21.3 Å². The van der Waals surface area contributed by atoms with E-state index in [1.165, 1.54) is 6.07 Å². The maximum Gasteiger partial charge on any atom is 0.417 e. The third-order valence-corrected chi connectivity index (χ3v) is 4.73. The molecule has 0 atom stereocenters. The van der Waals surface area contributed by atoms with Crippen LogP contribution in [0.1, 0.15) is 16.8 Å². The molecule has 3 rings (SSSR count). The molecular weight excluding hydrogens is 457 g/mol. The summed E-state index contributed by atoms with van der Waals surface area (Å²) in [7, 11) is 0. The molecule has 0 radical (unpaired) electrons. The highest BCUT2D eigenvalue weighted by Gasteiger charge is 2.33. The lowest BCUT2D eigenvalue weighted by molar-refractivity contribution is -0.137. The highest BCUT2D eigenvalue weighted by Crippen LogP contribution is 2.36. The zero-order valence-electron chi connectivity index (χ0n) is 17.8. The van der Waals surface area contributed by atoms with Gasteiger partial charge in [-0.2, -0.15) is 18.2 Å². The maximum absolute atomic E-state index is 12.9. The summed E-state index contributed by atoms with van der Waals surface area (Å²) < 4.78 is 38.8. The number of nitrogens with zero attached hydrogens (tertiary/aromatic N) is 2. The van der Waals surface area contributed by atoms with Crippen molar-refractivity contribution in [2.75, 3.05) is 29.0 Å². The summed E-state index contributed by atoms with van der Waals surface area (Å²) >= 11 is 5.58. The summed E-state index contributed by atoms with van der Waals surface area (Å²) in [5.41, 5.74) is 1.74. The van der Waals surface area contributed by atoms with Crippen LogP contribution in [0.3, 0.4) is 0 Å². The van der Waals surface area contributed by atoms with E-state index in [1.54, 1.807) is 6.07 Å². The van der Waals surface area contributed by atoms with E-state index in [1.807, 2.05) is 38.1 Å². The van der Waals surface area contributed by atoms with Gasteiger partial charge in [-0.05, 0) is 44.2 Å². The van der Waals surface area contributed by atoms with Crippen LogP contribution in [0.15, 0.2) is 48.5 Å². The predicted octanol–water partition coefficient (Wildman–Crippen LogP) is 5.74. The van der Waals surface area contributed by atoms with Gasteiger partial charge in [-0.25, -0.2) is 9.78 Å². The van der Waals surface area contributed by atoms with E-state index in [2.05, 4.69) is 31.2 Å². The van der Waals surface area contributed by atoms with Crippen LogP contribution in [0.25, 0.3) is 0 Å². The molecule has 4 N–H and O–H groups in total. The molecule has 0 saturated heterocycles. The highest BCUT2D eigenvalue weighted by molar-refractivity contribution is 6.31. The highest BCUT2D eigenvalue weighted by atomic mass is 35.5. The molecule has 0 aliphatic rings. The predicted molar refractivity (Wildman–Crippen MR) is 123 cm³/mol. The Morgan fingerprint density at radius 2 is 1.67 bits per heavy atom. The van der Waals surface area contributed by atoms with Crippen LogP contribution >= 0.6 is 11.6 Å². The van der Waals surface area contributed by atoms with Crippen molar-refractivity contribution in [3.05, 3.63) is 70.4 Å². The van der Waals surface area contributed by atoms with Crippen LogP contribution in [0, 0.1) is 13.8 Å². The quantitative estimate of drug-likeness (QED) is 0.325. The van der Waals surface area contributed by atoms with Crippen molar-refractivity contribution in [1.82, 2.24) is 15.3 Å². The van der Waals surface area contributed by atoms with Gasteiger partial charge in [-0.3, -0.25) is 0 Å². The van der Waals surface area contributed by atoms with Gasteiger partial charge in [0.2, 0.25) is 5.95 Å². The van der Waals surface area contributed by atoms with Gasteiger partial charge in [0.05, 0.1) is 10.6 Å². The summed E-state index contributed by atoms with van der Waals surface area (Å²) in [5.74, 6) is 0.988. The normalized spacial score (nSPS) is 11.1. The monoisotopic (exact) mass is 478 g/mol. The average molecular weight is 479 g/mol. The molecular formula is C22H22ClF3N6O. The molecule has 0 unspecified atom stereocenters. The molecule has 174 valence electrons. The summed E-state index contributed by atoms with van der Waals surface area (Å²) in [6.45, 7) is 4.32. The SMILES string of the molecule is Cc1ccc(Nc2cc(C)nc(NCCNC(=O)Nc3ccc(Cl)c(C(F)(F)F)c3)n2)cc1. The molecule has 0 aliphatic carbocycles. The summed E-state index contributed by atoms with van der Waals surface area (Å²) in [6.07, 6.45) is -4.61. The number of aromatic nitrogens is 2. The smallest absolute Gasteiger partial charge is 0.352 e. The summed E-state index contributed by atoms with van der Waals surface area (Å²) in [4.78, 5) is 20.7. The Balaban J connectivity index is 1.50. The summed E-state index contributed by atoms with van der Waals surface area (Å²) in [6, 6.07) is 12.2. The Morgan fingerprint density at radius 3 is 2.36 bits per heavy atom. The molecule has 1 aromatic heterocycles. The van der Waals surface area contributed by atoms with Crippen LogP contribution in [0.5, 0.6) is 0 Å². The van der Waals surface area contributed by atoms with E-state index in [0.717, 1.165) is 29.1 Å². The first kappa shape index (κ1) is 24.1. The van der Waals surface area contributed by atoms with Crippen molar-refractivity contribution in [2.45, 2.75) is 20.0 Å². The number of rotatable bonds is 7. The van der Waals surface area contributed by atoms with E-state index < -0.39 is 22.8 Å². The van der Waals surface area contributed by atoms with Gasteiger partial charge in [0, 0.05) is 36.2 Å². The molecule has 11 heteroatoms. The fourth-order valence-electron chi connectivity index (χ4n) is 2.84. The number of hydrogen-bond donors (Lipinski definition) is 4. The number of benzene rings is 2. The van der Waals surface area contributed by atoms with E-state index in [-0.39, 0.29) is 12.2 Å². The first-order chi connectivity index (χ1) is 15.6. The molecule has 1 heterocycles. The van der Waals surface area contributed by atoms with Gasteiger partial charge in [0.1, 0.15) is 5.82 Å². The standard InChI is InChI=1S/C22H22ClF3N6O/c1-13-3-5-15(6-4-13)30-19-11-14(2)29-20(32-19)27-9-10-28-21(33)31-16-7-8-18(23)17(12-16)22(24,25)26/h3-8,11-12H,9-10H2,1-2H3,(H2,28,31,33)(H2,27,29,30,32). The lowest BCUT2D eigenvalue weighted by Gasteiger charge is -2.13. The van der Waals surface area contributed by atoms with E-state index in [9.17, 15) is 18.0 Å². The Bertz CT molecular complexity index is 1120. The minimum atomic E-state index is -4.61. The Labute approximate surface area is 193 Å². The first-order valence-electron chi connectivity index (χ1n) is 9.95. The molecule has 7 nitrogen and oxygen atoms in total. The van der Waals surface area contributed by atoms with Crippen molar-refractivity contribution in [3.8, 4) is 0 Å². The van der Waals surface area contributed by atoms with Crippen LogP contribution in [0.2, 0.25) is 5.02 Å². The molecule has 0 bridgehead atoms. The van der Waals surface area contributed by atoms with Crippen molar-refractivity contribution >= 4 is 40.8 Å². The number of alkyl halides is 3. The maximum atomic E-state index is 12.9. The number of urea groups is 1. The molecule has 2 amide bonds. The Kier molecular flexibility index (Phi) is 7.59. The van der Waals surface area contributed by atoms with Crippen LogP contribution in [-0.2, 0) is 6.18 Å². The number of halogens is 4. The second kappa shape index (κ2) is 10.4. The minimum absolute atomic E-state index is 0.0222. The molecule has 0 fully saturated rings. The van der Waals surface area contributed by atoms with Gasteiger partial charge in [-0.1, -0.05) is 29.3 Å². The lowest BCUT2D eigenvalue weighted by atomic mass is 10.2. The number of aryl methyl sites for hydroxylation is 2. The van der Waals surface area contributed by atoms with Gasteiger partial charge in [0.25, 0.3) is 0 Å². The van der Waals surface area contributed by atoms with Crippen molar-refractivity contribution in [1.29, 1.82) is 0 Å². The molecule has 33 heavy (non-hydrogen) atoms. The van der Waals surface area contributed by atoms with Gasteiger partial charge < -0.3 is 21.3 Å². The minimum Gasteiger partial charge on any atom is -0.352 e. The Hall–Kier alpha value is -3.53. The number of hydrogen-bond acceptors (Lipinski definition) is 5. The third-order valence-electron chi connectivity index (χ3n) is 4.40. The largest absolute Gasteiger partial charge is 0.417 e. The number of carbonyl (C=O) groups is 1. The molecule has 2 aromatic carbocycles. The zero-order valence-corrected chi connectivity index (χ0v) is 18.6. The summed E-state index contributed by atoms with van der Waals surface area (Å²) in [5, 5.41) is 10.7. The molecule has 0 saturated carbocycles. The number of nitrogens with one attached hydrogen (secondary N) is 4. The van der Waals surface area contributed by atoms with E-state index in [0.29, 0.717) is 18.3 Å². The Morgan fingerprint density at radius 1 is 0.970 bits per heavy atom. The molecule has 0 spiro atoms. The van der Waals surface area contributed by atoms with Crippen LogP contribution in [0.4, 0.5) is 41.1 Å². The second-order valence-corrected chi connectivity index (χ2v) is 7.62. The fourth-order valence-corrected chi connectivity index (χ4v) is 3.07. The lowest BCUT2D eigenvalue weighted by Crippen LogP contribution is -2.33. The number of anilines is 4. The van der Waals surface area contributed by atoms with Crippen molar-refractivity contribution in [2.24, 2.45) is 0 Å². The third kappa shape index (κ3) is 7.25. The number of carbonyl (C=O) groups excluding carboxylic acids is 1. The average Bonchev–Trinajstić information content (AvgIpc) is 2.73. The van der Waals surface area contributed by atoms with Crippen molar-refractivity contribution < 1.29 is 18.0 Å². The van der Waals surface area contributed by atoms with Gasteiger partial charge in [0.15, 0.2) is 0 Å². The van der Waals surface area contributed by atoms with Crippen molar-refractivity contribution in [3.63, 3.8) is 0 Å². The molecule has 3 aromatic rings. The van der Waals surface area contributed by atoms with Gasteiger partial charge >= 0.3 is 12.2 Å². The second-order valence-electron chi connectivity index (χ2n) is 7.21.